The van der Waals surface area contributed by atoms with Crippen LogP contribution in [-0.2, 0) is 4.79 Å². The quantitative estimate of drug-likeness (QED) is 0.804. The summed E-state index contributed by atoms with van der Waals surface area (Å²) in [6.07, 6.45) is 1.80. The highest BCUT2D eigenvalue weighted by Gasteiger charge is 2.26. The van der Waals surface area contributed by atoms with Crippen LogP contribution in [0.3, 0.4) is 0 Å². The summed E-state index contributed by atoms with van der Waals surface area (Å²) in [6, 6.07) is 7.98. The number of thioether (sulfide) groups is 1. The Bertz CT molecular complexity index is 639. The molecular formula is C16H20N4O2S. The molecule has 122 valence electrons. The van der Waals surface area contributed by atoms with E-state index < -0.39 is 0 Å². The molecule has 2 fully saturated rings. The summed E-state index contributed by atoms with van der Waals surface area (Å²) in [4.78, 5) is 28.2. The van der Waals surface area contributed by atoms with E-state index in [1.165, 1.54) is 0 Å². The zero-order chi connectivity index (χ0) is 16.2. The van der Waals surface area contributed by atoms with Crippen molar-refractivity contribution in [1.82, 2.24) is 10.2 Å². The largest absolute Gasteiger partial charge is 0.368 e. The van der Waals surface area contributed by atoms with Crippen molar-refractivity contribution in [2.75, 3.05) is 44.2 Å². The molecule has 1 aromatic carbocycles. The molecule has 0 atom stereocenters. The second kappa shape index (κ2) is 7.16. The van der Waals surface area contributed by atoms with Crippen LogP contribution in [0.5, 0.6) is 0 Å². The van der Waals surface area contributed by atoms with E-state index in [2.05, 4.69) is 21.2 Å². The molecule has 2 saturated heterocycles. The molecule has 0 spiro atoms. The monoisotopic (exact) mass is 332 g/mol. The fraction of sp³-hybridized carbons (Fsp3) is 0.375. The van der Waals surface area contributed by atoms with Crippen LogP contribution in [0.25, 0.3) is 6.08 Å². The van der Waals surface area contributed by atoms with Crippen molar-refractivity contribution in [1.29, 1.82) is 0 Å². The molecule has 0 bridgehead atoms. The topological polar surface area (TPSA) is 78.7 Å². The smallest absolute Gasteiger partial charge is 0.290 e. The highest BCUT2D eigenvalue weighted by Crippen LogP contribution is 2.30. The van der Waals surface area contributed by atoms with Crippen LogP contribution in [-0.4, -0.2) is 55.3 Å². The number of nitrogens with zero attached hydrogens (tertiary/aromatic N) is 2. The van der Waals surface area contributed by atoms with Gasteiger partial charge in [0, 0.05) is 45.0 Å². The Balaban J connectivity index is 1.78. The van der Waals surface area contributed by atoms with Gasteiger partial charge >= 0.3 is 0 Å². The Morgan fingerprint density at radius 2 is 1.91 bits per heavy atom. The maximum Gasteiger partial charge on any atom is 0.290 e. The number of nitrogens with one attached hydrogen (secondary N) is 1. The Kier molecular flexibility index (Phi) is 5.00. The van der Waals surface area contributed by atoms with Gasteiger partial charge in [-0.25, -0.2) is 0 Å². The predicted octanol–water partition coefficient (Wildman–Crippen LogP) is 1.09. The summed E-state index contributed by atoms with van der Waals surface area (Å²) in [5.41, 5.74) is 7.68. The number of benzene rings is 1. The third-order valence-electron chi connectivity index (χ3n) is 4.02. The van der Waals surface area contributed by atoms with E-state index in [-0.39, 0.29) is 11.1 Å². The molecule has 0 aliphatic carbocycles. The van der Waals surface area contributed by atoms with Gasteiger partial charge in [0.2, 0.25) is 0 Å². The zero-order valence-corrected chi connectivity index (χ0v) is 13.6. The molecule has 0 saturated carbocycles. The minimum absolute atomic E-state index is 0.311. The van der Waals surface area contributed by atoms with Gasteiger partial charge in [0.1, 0.15) is 0 Å². The van der Waals surface area contributed by atoms with Gasteiger partial charge in [0.15, 0.2) is 0 Å². The van der Waals surface area contributed by atoms with Crippen LogP contribution in [0.15, 0.2) is 29.2 Å². The normalized spacial score (nSPS) is 21.1. The number of hydrogen-bond acceptors (Lipinski definition) is 6. The molecule has 23 heavy (non-hydrogen) atoms. The summed E-state index contributed by atoms with van der Waals surface area (Å²) >= 11 is 0.952. The molecule has 0 aromatic heterocycles. The Morgan fingerprint density at radius 3 is 2.57 bits per heavy atom. The van der Waals surface area contributed by atoms with Crippen molar-refractivity contribution in [3.63, 3.8) is 0 Å². The molecule has 0 radical (unpaired) electrons. The van der Waals surface area contributed by atoms with Crippen molar-refractivity contribution in [3.05, 3.63) is 34.7 Å². The number of hydrogen-bond donors (Lipinski definition) is 2. The van der Waals surface area contributed by atoms with Crippen LogP contribution >= 0.6 is 11.8 Å². The number of carbonyl (C=O) groups is 2. The number of imide groups is 1. The minimum atomic E-state index is -0.317. The van der Waals surface area contributed by atoms with Gasteiger partial charge in [-0.3, -0.25) is 19.8 Å². The van der Waals surface area contributed by atoms with Gasteiger partial charge < -0.3 is 10.6 Å². The third kappa shape index (κ3) is 3.74. The summed E-state index contributed by atoms with van der Waals surface area (Å²) in [5, 5.41) is 1.98. The molecule has 1 aromatic rings. The number of amides is 2. The summed E-state index contributed by atoms with van der Waals surface area (Å²) in [6.45, 7) is 5.43. The van der Waals surface area contributed by atoms with Gasteiger partial charge in [-0.05, 0) is 29.5 Å². The van der Waals surface area contributed by atoms with Crippen LogP contribution in [0.2, 0.25) is 0 Å². The lowest BCUT2D eigenvalue weighted by molar-refractivity contribution is -0.115. The van der Waals surface area contributed by atoms with E-state index in [9.17, 15) is 9.59 Å². The molecular weight excluding hydrogens is 312 g/mol. The second-order valence-corrected chi connectivity index (χ2v) is 6.54. The first-order valence-corrected chi connectivity index (χ1v) is 8.50. The van der Waals surface area contributed by atoms with Gasteiger partial charge in [-0.15, -0.1) is 0 Å². The Labute approximate surface area is 139 Å². The standard InChI is InChI=1S/C16H20N4O2S/c17-5-6-19-7-9-20(10-8-19)13-4-2-1-3-12(13)11-14-15(21)18-16(22)23-14/h1-4,11H,5-10,17H2,(H,18,21,22)/b14-11-. The first-order chi connectivity index (χ1) is 11.2. The van der Waals surface area contributed by atoms with Gasteiger partial charge in [-0.1, -0.05) is 18.2 Å². The third-order valence-corrected chi connectivity index (χ3v) is 4.83. The molecule has 7 heteroatoms. The first-order valence-electron chi connectivity index (χ1n) is 7.68. The summed E-state index contributed by atoms with van der Waals surface area (Å²) in [5.74, 6) is -0.317. The average molecular weight is 332 g/mol. The van der Waals surface area contributed by atoms with E-state index in [0.717, 1.165) is 55.7 Å². The molecule has 2 aliphatic rings. The molecule has 2 amide bonds. The molecule has 6 nitrogen and oxygen atoms in total. The lowest BCUT2D eigenvalue weighted by atomic mass is 10.1. The lowest BCUT2D eigenvalue weighted by Gasteiger charge is -2.36. The maximum atomic E-state index is 11.7. The van der Waals surface area contributed by atoms with Crippen LogP contribution < -0.4 is 16.0 Å². The van der Waals surface area contributed by atoms with Crippen LogP contribution in [0, 0.1) is 0 Å². The SMILES string of the molecule is NCCN1CCN(c2ccccc2/C=C2\SC(=O)NC2=O)CC1. The van der Waals surface area contributed by atoms with Crippen molar-refractivity contribution in [3.8, 4) is 0 Å². The van der Waals surface area contributed by atoms with Gasteiger partial charge in [0.25, 0.3) is 11.1 Å². The highest BCUT2D eigenvalue weighted by molar-refractivity contribution is 8.18. The Hall–Kier alpha value is -1.83. The van der Waals surface area contributed by atoms with Gasteiger partial charge in [0.05, 0.1) is 4.91 Å². The number of carbonyl (C=O) groups excluding carboxylic acids is 2. The molecule has 2 aliphatic heterocycles. The summed E-state index contributed by atoms with van der Waals surface area (Å²) in [7, 11) is 0. The fourth-order valence-electron chi connectivity index (χ4n) is 2.85. The number of piperazine rings is 1. The number of nitrogens with two attached hydrogens (primary N) is 1. The van der Waals surface area contributed by atoms with Crippen molar-refractivity contribution < 1.29 is 9.59 Å². The molecule has 0 unspecified atom stereocenters. The van der Waals surface area contributed by atoms with Crippen molar-refractivity contribution >= 4 is 34.7 Å². The zero-order valence-electron chi connectivity index (χ0n) is 12.8. The predicted molar refractivity (Wildman–Crippen MR) is 93.3 cm³/mol. The number of rotatable bonds is 4. The second-order valence-electron chi connectivity index (χ2n) is 5.53. The molecule has 3 rings (SSSR count). The highest BCUT2D eigenvalue weighted by atomic mass is 32.2. The van der Waals surface area contributed by atoms with E-state index in [0.29, 0.717) is 11.4 Å². The molecule has 2 heterocycles. The molecule has 3 N–H and O–H groups in total. The van der Waals surface area contributed by atoms with E-state index in [4.69, 9.17) is 5.73 Å². The van der Waals surface area contributed by atoms with E-state index in [1.54, 1.807) is 6.08 Å². The first kappa shape index (κ1) is 16.0. The van der Waals surface area contributed by atoms with E-state index in [1.807, 2.05) is 18.2 Å². The number of anilines is 1. The van der Waals surface area contributed by atoms with Crippen LogP contribution in [0.1, 0.15) is 5.56 Å². The maximum absolute atomic E-state index is 11.7. The van der Waals surface area contributed by atoms with Crippen molar-refractivity contribution in [2.45, 2.75) is 0 Å². The van der Waals surface area contributed by atoms with Gasteiger partial charge in [-0.2, -0.15) is 0 Å². The fourth-order valence-corrected chi connectivity index (χ4v) is 3.53. The minimum Gasteiger partial charge on any atom is -0.368 e. The van der Waals surface area contributed by atoms with Crippen LogP contribution in [0.4, 0.5) is 10.5 Å². The average Bonchev–Trinajstić information content (AvgIpc) is 2.87. The Morgan fingerprint density at radius 1 is 1.17 bits per heavy atom. The lowest BCUT2D eigenvalue weighted by Crippen LogP contribution is -2.47. The van der Waals surface area contributed by atoms with E-state index >= 15 is 0 Å². The van der Waals surface area contributed by atoms with Crippen molar-refractivity contribution in [2.24, 2.45) is 5.73 Å². The summed E-state index contributed by atoms with van der Waals surface area (Å²) < 4.78 is 0. The number of para-hydroxylation sites is 1.